The summed E-state index contributed by atoms with van der Waals surface area (Å²) in [5, 5.41) is 5.60. The van der Waals surface area contributed by atoms with Crippen molar-refractivity contribution in [2.75, 3.05) is 15.5 Å². The van der Waals surface area contributed by atoms with Gasteiger partial charge in [-0.25, -0.2) is 9.29 Å². The Hall–Kier alpha value is -3.10. The molecule has 34 heavy (non-hydrogen) atoms. The highest BCUT2D eigenvalue weighted by molar-refractivity contribution is 6.53. The quantitative estimate of drug-likeness (QED) is 0.288. The number of hydrogen-bond acceptors (Lipinski definition) is 4. The van der Waals surface area contributed by atoms with Gasteiger partial charge in [0.25, 0.3) is 17.7 Å². The van der Waals surface area contributed by atoms with Crippen LogP contribution in [0.1, 0.15) is 10.4 Å². The second-order valence-electron chi connectivity index (χ2n) is 6.99. The number of anilines is 3. The van der Waals surface area contributed by atoms with Crippen LogP contribution in [0.3, 0.4) is 0 Å². The molecule has 0 bridgehead atoms. The van der Waals surface area contributed by atoms with Gasteiger partial charge >= 0.3 is 0 Å². The number of benzene rings is 3. The molecule has 0 fully saturated rings. The number of carbonyl (C=O) groups excluding carboxylic acids is 3. The van der Waals surface area contributed by atoms with Crippen molar-refractivity contribution in [3.8, 4) is 0 Å². The Kier molecular flexibility index (Phi) is 6.81. The van der Waals surface area contributed by atoms with Crippen molar-refractivity contribution >= 4 is 81.2 Å². The van der Waals surface area contributed by atoms with Crippen LogP contribution in [0.5, 0.6) is 0 Å². The van der Waals surface area contributed by atoms with Gasteiger partial charge in [-0.05, 0) is 42.5 Å². The maximum atomic E-state index is 14.2. The number of imide groups is 1. The van der Waals surface area contributed by atoms with Crippen LogP contribution in [0.25, 0.3) is 0 Å². The number of carbonyl (C=O) groups is 3. The zero-order valence-corrected chi connectivity index (χ0v) is 19.9. The van der Waals surface area contributed by atoms with Gasteiger partial charge in [0, 0.05) is 11.3 Å². The molecule has 0 radical (unpaired) electrons. The average Bonchev–Trinajstić information content (AvgIpc) is 3.01. The highest BCUT2D eigenvalue weighted by Gasteiger charge is 2.40. The Balaban J connectivity index is 1.56. The van der Waals surface area contributed by atoms with Crippen LogP contribution < -0.4 is 15.5 Å². The summed E-state index contributed by atoms with van der Waals surface area (Å²) < 4.78 is 14.2. The minimum absolute atomic E-state index is 0.192. The van der Waals surface area contributed by atoms with Gasteiger partial charge in [-0.1, -0.05) is 64.6 Å². The summed E-state index contributed by atoms with van der Waals surface area (Å²) in [6.07, 6.45) is 0. The molecule has 172 valence electrons. The molecule has 0 saturated carbocycles. The Bertz CT molecular complexity index is 1390. The molecule has 3 aromatic rings. The van der Waals surface area contributed by atoms with E-state index in [4.69, 9.17) is 46.4 Å². The fraction of sp³-hybridized carbons (Fsp3) is 0. The first-order chi connectivity index (χ1) is 16.2. The Labute approximate surface area is 212 Å². The summed E-state index contributed by atoms with van der Waals surface area (Å²) in [4.78, 5) is 38.8. The summed E-state index contributed by atoms with van der Waals surface area (Å²) in [5.41, 5.74) is 0.269. The van der Waals surface area contributed by atoms with E-state index in [1.165, 1.54) is 42.5 Å². The number of para-hydroxylation sites is 1. The van der Waals surface area contributed by atoms with E-state index < -0.39 is 28.6 Å². The third-order valence-corrected chi connectivity index (χ3v) is 6.16. The van der Waals surface area contributed by atoms with Gasteiger partial charge < -0.3 is 10.6 Å². The molecule has 0 atom stereocenters. The molecule has 1 heterocycles. The third-order valence-electron chi connectivity index (χ3n) is 4.77. The topological polar surface area (TPSA) is 78.5 Å². The number of halogens is 5. The molecule has 11 heteroatoms. The lowest BCUT2D eigenvalue weighted by Crippen LogP contribution is -2.33. The molecule has 0 spiro atoms. The van der Waals surface area contributed by atoms with E-state index in [1.807, 2.05) is 0 Å². The number of amides is 3. The summed E-state index contributed by atoms with van der Waals surface area (Å²) in [6.45, 7) is 0. The van der Waals surface area contributed by atoms with Crippen molar-refractivity contribution in [1.29, 1.82) is 0 Å². The first-order valence-corrected chi connectivity index (χ1v) is 11.0. The summed E-state index contributed by atoms with van der Waals surface area (Å²) >= 11 is 24.1. The van der Waals surface area contributed by atoms with Gasteiger partial charge in [0.2, 0.25) is 0 Å². The summed E-state index contributed by atoms with van der Waals surface area (Å²) in [6, 6.07) is 14.2. The first-order valence-electron chi connectivity index (χ1n) is 9.53. The zero-order valence-electron chi connectivity index (χ0n) is 16.8. The molecule has 2 N–H and O–H groups in total. The van der Waals surface area contributed by atoms with E-state index in [0.29, 0.717) is 4.90 Å². The van der Waals surface area contributed by atoms with E-state index in [1.54, 1.807) is 12.1 Å². The SMILES string of the molecule is O=C(Nc1cc(Cl)c(Cl)cc1Cl)c1cccc(NC2=C(Cl)C(=O)N(c3ccccc3F)C2=O)c1. The molecular formula is C23H12Cl4FN3O3. The van der Waals surface area contributed by atoms with Gasteiger partial charge in [-0.15, -0.1) is 0 Å². The molecular weight excluding hydrogens is 527 g/mol. The van der Waals surface area contributed by atoms with Gasteiger partial charge in [-0.3, -0.25) is 14.4 Å². The Morgan fingerprint density at radius 1 is 0.824 bits per heavy atom. The molecule has 3 aromatic carbocycles. The van der Waals surface area contributed by atoms with Crippen LogP contribution in [0.4, 0.5) is 21.5 Å². The van der Waals surface area contributed by atoms with Crippen molar-refractivity contribution in [3.05, 3.63) is 97.8 Å². The minimum Gasteiger partial charge on any atom is -0.350 e. The Morgan fingerprint density at radius 2 is 1.53 bits per heavy atom. The lowest BCUT2D eigenvalue weighted by atomic mass is 10.1. The second kappa shape index (κ2) is 9.64. The number of rotatable bonds is 5. The van der Waals surface area contributed by atoms with Crippen molar-refractivity contribution < 1.29 is 18.8 Å². The maximum absolute atomic E-state index is 14.2. The van der Waals surface area contributed by atoms with Crippen LogP contribution in [0.2, 0.25) is 15.1 Å². The Morgan fingerprint density at radius 3 is 2.26 bits per heavy atom. The van der Waals surface area contributed by atoms with Crippen LogP contribution in [0.15, 0.2) is 71.4 Å². The lowest BCUT2D eigenvalue weighted by Gasteiger charge is -2.15. The van der Waals surface area contributed by atoms with E-state index in [2.05, 4.69) is 10.6 Å². The predicted molar refractivity (Wildman–Crippen MR) is 131 cm³/mol. The molecule has 0 aliphatic carbocycles. The van der Waals surface area contributed by atoms with Crippen LogP contribution in [0, 0.1) is 5.82 Å². The third kappa shape index (κ3) is 4.60. The predicted octanol–water partition coefficient (Wildman–Crippen LogP) is 6.47. The summed E-state index contributed by atoms with van der Waals surface area (Å²) in [5.74, 6) is -2.99. The molecule has 1 aliphatic heterocycles. The van der Waals surface area contributed by atoms with Crippen molar-refractivity contribution in [2.45, 2.75) is 0 Å². The average molecular weight is 539 g/mol. The van der Waals surface area contributed by atoms with Gasteiger partial charge in [0.1, 0.15) is 16.5 Å². The zero-order chi connectivity index (χ0) is 24.6. The molecule has 0 unspecified atom stereocenters. The van der Waals surface area contributed by atoms with Crippen molar-refractivity contribution in [2.24, 2.45) is 0 Å². The van der Waals surface area contributed by atoms with Gasteiger partial charge in [0.05, 0.1) is 26.4 Å². The second-order valence-corrected chi connectivity index (χ2v) is 8.59. The normalized spacial score (nSPS) is 13.5. The maximum Gasteiger partial charge on any atom is 0.283 e. The minimum atomic E-state index is -0.873. The molecule has 6 nitrogen and oxygen atoms in total. The molecule has 0 aromatic heterocycles. The van der Waals surface area contributed by atoms with Crippen LogP contribution in [-0.4, -0.2) is 17.7 Å². The fourth-order valence-electron chi connectivity index (χ4n) is 3.16. The van der Waals surface area contributed by atoms with E-state index in [-0.39, 0.29) is 43.4 Å². The number of nitrogens with zero attached hydrogens (tertiary/aromatic N) is 1. The molecule has 3 amide bonds. The molecule has 1 aliphatic rings. The van der Waals surface area contributed by atoms with E-state index >= 15 is 0 Å². The fourth-order valence-corrected chi connectivity index (χ4v) is 3.97. The number of nitrogens with one attached hydrogen (secondary N) is 2. The first kappa shape index (κ1) is 24.0. The van der Waals surface area contributed by atoms with Crippen molar-refractivity contribution in [1.82, 2.24) is 0 Å². The standard InChI is InChI=1S/C23H12Cl4FN3O3/c24-13-9-15(26)17(10-14(13)25)30-21(32)11-4-3-5-12(8-11)29-20-19(27)22(33)31(23(20)34)18-7-2-1-6-16(18)28/h1-10,29H,(H,30,32). The highest BCUT2D eigenvalue weighted by Crippen LogP contribution is 2.33. The largest absolute Gasteiger partial charge is 0.350 e. The van der Waals surface area contributed by atoms with Crippen molar-refractivity contribution in [3.63, 3.8) is 0 Å². The molecule has 4 rings (SSSR count). The van der Waals surface area contributed by atoms with E-state index in [9.17, 15) is 18.8 Å². The lowest BCUT2D eigenvalue weighted by molar-refractivity contribution is -0.120. The van der Waals surface area contributed by atoms with Gasteiger partial charge in [-0.2, -0.15) is 0 Å². The summed E-state index contributed by atoms with van der Waals surface area (Å²) in [7, 11) is 0. The monoisotopic (exact) mass is 537 g/mol. The smallest absolute Gasteiger partial charge is 0.283 e. The highest BCUT2D eigenvalue weighted by atomic mass is 35.5. The van der Waals surface area contributed by atoms with E-state index in [0.717, 1.165) is 6.07 Å². The van der Waals surface area contributed by atoms with Crippen LogP contribution in [-0.2, 0) is 9.59 Å². The van der Waals surface area contributed by atoms with Crippen LogP contribution >= 0.6 is 46.4 Å². The number of hydrogen-bond donors (Lipinski definition) is 2. The molecule has 0 saturated heterocycles. The van der Waals surface area contributed by atoms with Gasteiger partial charge in [0.15, 0.2) is 0 Å².